The van der Waals surface area contributed by atoms with Crippen molar-refractivity contribution < 1.29 is 0 Å². The molecular weight excluding hydrogens is 262 g/mol. The third-order valence-corrected chi connectivity index (χ3v) is 4.04. The molecule has 21 heavy (non-hydrogen) atoms. The number of hydrogen-bond donors (Lipinski definition) is 1. The molecule has 0 aliphatic rings. The van der Waals surface area contributed by atoms with Gasteiger partial charge in [0, 0.05) is 36.8 Å². The second-order valence-electron chi connectivity index (χ2n) is 5.83. The maximum atomic E-state index is 12.0. The molecule has 2 rings (SSSR count). The summed E-state index contributed by atoms with van der Waals surface area (Å²) in [5.41, 5.74) is 1.92. The fourth-order valence-corrected chi connectivity index (χ4v) is 2.37. The Morgan fingerprint density at radius 2 is 2.00 bits per heavy atom. The third kappa shape index (κ3) is 3.64. The summed E-state index contributed by atoms with van der Waals surface area (Å²) in [6.45, 7) is 6.31. The van der Waals surface area contributed by atoms with Gasteiger partial charge in [0.05, 0.1) is 5.52 Å². The molecular formula is C17H25N3O. The minimum absolute atomic E-state index is 0.0236. The van der Waals surface area contributed by atoms with E-state index in [1.807, 2.05) is 25.2 Å². The highest BCUT2D eigenvalue weighted by Crippen LogP contribution is 2.20. The summed E-state index contributed by atoms with van der Waals surface area (Å²) in [7, 11) is 3.95. The van der Waals surface area contributed by atoms with Crippen LogP contribution in [-0.4, -0.2) is 35.6 Å². The van der Waals surface area contributed by atoms with E-state index in [4.69, 9.17) is 0 Å². The predicted molar refractivity (Wildman–Crippen MR) is 90.1 cm³/mol. The molecule has 1 heterocycles. The summed E-state index contributed by atoms with van der Waals surface area (Å²) < 4.78 is 1.69. The van der Waals surface area contributed by atoms with Gasteiger partial charge >= 0.3 is 0 Å². The molecule has 0 amide bonds. The molecule has 4 nitrogen and oxygen atoms in total. The lowest BCUT2D eigenvalue weighted by Crippen LogP contribution is -2.28. The van der Waals surface area contributed by atoms with Gasteiger partial charge < -0.3 is 14.8 Å². The molecule has 0 atom stereocenters. The van der Waals surface area contributed by atoms with Gasteiger partial charge in [0.2, 0.25) is 0 Å². The first-order valence-electron chi connectivity index (χ1n) is 7.53. The van der Waals surface area contributed by atoms with Crippen LogP contribution in [0.25, 0.3) is 10.9 Å². The van der Waals surface area contributed by atoms with E-state index in [0.29, 0.717) is 6.04 Å². The second-order valence-corrected chi connectivity index (χ2v) is 5.83. The van der Waals surface area contributed by atoms with Gasteiger partial charge in [-0.05, 0) is 39.9 Å². The van der Waals surface area contributed by atoms with Crippen molar-refractivity contribution in [1.29, 1.82) is 0 Å². The zero-order chi connectivity index (χ0) is 15.4. The van der Waals surface area contributed by atoms with Crippen LogP contribution in [-0.2, 0) is 7.05 Å². The van der Waals surface area contributed by atoms with E-state index in [1.54, 1.807) is 10.6 Å². The molecule has 4 heteroatoms. The van der Waals surface area contributed by atoms with E-state index in [0.717, 1.165) is 36.1 Å². The van der Waals surface area contributed by atoms with Crippen LogP contribution in [0.4, 0.5) is 5.69 Å². The number of rotatable bonds is 6. The first-order valence-corrected chi connectivity index (χ1v) is 7.53. The molecule has 0 spiro atoms. The van der Waals surface area contributed by atoms with E-state index in [1.165, 1.54) is 0 Å². The molecule has 0 fully saturated rings. The predicted octanol–water partition coefficient (Wildman–Crippen LogP) is 2.68. The van der Waals surface area contributed by atoms with Crippen LogP contribution < -0.4 is 10.9 Å². The SMILES string of the molecule is CC(C)N(C)CCCNc1cc(=O)n(C)c2ccccc12. The van der Waals surface area contributed by atoms with Crippen molar-refractivity contribution in [3.05, 3.63) is 40.7 Å². The summed E-state index contributed by atoms with van der Waals surface area (Å²) in [6, 6.07) is 10.3. The molecule has 0 radical (unpaired) electrons. The Kier molecular flexibility index (Phi) is 5.02. The maximum absolute atomic E-state index is 12.0. The number of nitrogens with zero attached hydrogens (tertiary/aromatic N) is 2. The zero-order valence-electron chi connectivity index (χ0n) is 13.4. The quantitative estimate of drug-likeness (QED) is 0.830. The highest BCUT2D eigenvalue weighted by Gasteiger charge is 2.06. The molecule has 114 valence electrons. The van der Waals surface area contributed by atoms with Crippen LogP contribution in [0, 0.1) is 0 Å². The summed E-state index contributed by atoms with van der Waals surface area (Å²) >= 11 is 0. The highest BCUT2D eigenvalue weighted by atomic mass is 16.1. The third-order valence-electron chi connectivity index (χ3n) is 4.04. The number of aryl methyl sites for hydroxylation is 1. The normalized spacial score (nSPS) is 11.5. The Morgan fingerprint density at radius 3 is 2.71 bits per heavy atom. The number of para-hydroxylation sites is 1. The van der Waals surface area contributed by atoms with Crippen LogP contribution >= 0.6 is 0 Å². The van der Waals surface area contributed by atoms with E-state index >= 15 is 0 Å². The van der Waals surface area contributed by atoms with Gasteiger partial charge in [-0.15, -0.1) is 0 Å². The van der Waals surface area contributed by atoms with Crippen molar-refractivity contribution in [2.75, 3.05) is 25.5 Å². The average Bonchev–Trinajstić information content (AvgIpc) is 2.48. The Balaban J connectivity index is 2.09. The van der Waals surface area contributed by atoms with Crippen LogP contribution in [0.15, 0.2) is 35.1 Å². The standard InChI is InChI=1S/C17H25N3O/c1-13(2)19(3)11-7-10-18-15-12-17(21)20(4)16-9-6-5-8-14(15)16/h5-6,8-9,12-13,18H,7,10-11H2,1-4H3. The first kappa shape index (κ1) is 15.6. The summed E-state index contributed by atoms with van der Waals surface area (Å²) in [5, 5.41) is 4.50. The lowest BCUT2D eigenvalue weighted by atomic mass is 10.1. The Labute approximate surface area is 126 Å². The zero-order valence-corrected chi connectivity index (χ0v) is 13.4. The molecule has 1 aromatic heterocycles. The van der Waals surface area contributed by atoms with Gasteiger partial charge in [0.1, 0.15) is 0 Å². The van der Waals surface area contributed by atoms with Gasteiger partial charge in [-0.2, -0.15) is 0 Å². The lowest BCUT2D eigenvalue weighted by Gasteiger charge is -2.21. The highest BCUT2D eigenvalue weighted by molar-refractivity contribution is 5.91. The van der Waals surface area contributed by atoms with Crippen molar-refractivity contribution in [3.8, 4) is 0 Å². The first-order chi connectivity index (χ1) is 10.0. The van der Waals surface area contributed by atoms with Crippen molar-refractivity contribution in [2.24, 2.45) is 7.05 Å². The number of anilines is 1. The maximum Gasteiger partial charge on any atom is 0.252 e. The van der Waals surface area contributed by atoms with Crippen molar-refractivity contribution in [3.63, 3.8) is 0 Å². The van der Waals surface area contributed by atoms with Crippen LogP contribution in [0.1, 0.15) is 20.3 Å². The van der Waals surface area contributed by atoms with E-state index in [2.05, 4.69) is 37.2 Å². The Hall–Kier alpha value is -1.81. The van der Waals surface area contributed by atoms with Gasteiger partial charge in [0.25, 0.3) is 5.56 Å². The van der Waals surface area contributed by atoms with E-state index < -0.39 is 0 Å². The fourth-order valence-electron chi connectivity index (χ4n) is 2.37. The van der Waals surface area contributed by atoms with Gasteiger partial charge in [-0.3, -0.25) is 4.79 Å². The van der Waals surface area contributed by atoms with Crippen molar-refractivity contribution in [1.82, 2.24) is 9.47 Å². The van der Waals surface area contributed by atoms with Crippen LogP contribution in [0.5, 0.6) is 0 Å². The topological polar surface area (TPSA) is 37.3 Å². The number of aromatic nitrogens is 1. The van der Waals surface area contributed by atoms with E-state index in [-0.39, 0.29) is 5.56 Å². The smallest absolute Gasteiger partial charge is 0.252 e. The van der Waals surface area contributed by atoms with Crippen molar-refractivity contribution >= 4 is 16.6 Å². The van der Waals surface area contributed by atoms with Crippen LogP contribution in [0.2, 0.25) is 0 Å². The lowest BCUT2D eigenvalue weighted by molar-refractivity contribution is 0.273. The summed E-state index contributed by atoms with van der Waals surface area (Å²) in [6.07, 6.45) is 1.05. The summed E-state index contributed by atoms with van der Waals surface area (Å²) in [5.74, 6) is 0. The minimum atomic E-state index is 0.0236. The molecule has 0 saturated carbocycles. The largest absolute Gasteiger partial charge is 0.384 e. The molecule has 0 saturated heterocycles. The number of fused-ring (bicyclic) bond motifs is 1. The van der Waals surface area contributed by atoms with E-state index in [9.17, 15) is 4.79 Å². The second kappa shape index (κ2) is 6.76. The number of hydrogen-bond acceptors (Lipinski definition) is 3. The number of pyridine rings is 1. The fraction of sp³-hybridized carbons (Fsp3) is 0.471. The minimum Gasteiger partial charge on any atom is -0.384 e. The molecule has 0 aliphatic carbocycles. The van der Waals surface area contributed by atoms with Gasteiger partial charge in [-0.25, -0.2) is 0 Å². The van der Waals surface area contributed by atoms with Gasteiger partial charge in [-0.1, -0.05) is 18.2 Å². The average molecular weight is 287 g/mol. The van der Waals surface area contributed by atoms with Gasteiger partial charge in [0.15, 0.2) is 0 Å². The van der Waals surface area contributed by atoms with Crippen LogP contribution in [0.3, 0.4) is 0 Å². The Morgan fingerprint density at radius 1 is 1.29 bits per heavy atom. The molecule has 0 aliphatic heterocycles. The number of benzene rings is 1. The number of nitrogens with one attached hydrogen (secondary N) is 1. The summed E-state index contributed by atoms with van der Waals surface area (Å²) in [4.78, 5) is 14.3. The molecule has 0 unspecified atom stereocenters. The molecule has 0 bridgehead atoms. The molecule has 2 aromatic rings. The molecule has 1 N–H and O–H groups in total. The Bertz CT molecular complexity index is 661. The van der Waals surface area contributed by atoms with Crippen molar-refractivity contribution in [2.45, 2.75) is 26.3 Å². The molecule has 1 aromatic carbocycles. The monoisotopic (exact) mass is 287 g/mol.